The molecule has 0 heterocycles. The monoisotopic (exact) mass is 417 g/mol. The van der Waals surface area contributed by atoms with Gasteiger partial charge in [0.25, 0.3) is 10.0 Å². The zero-order valence-electron chi connectivity index (χ0n) is 15.3. The highest BCUT2D eigenvalue weighted by Crippen LogP contribution is 2.23. The number of benzene rings is 3. The fourth-order valence-corrected chi connectivity index (χ4v) is 4.46. The van der Waals surface area contributed by atoms with Crippen LogP contribution in [0.25, 0.3) is 0 Å². The van der Waals surface area contributed by atoms with Crippen molar-refractivity contribution in [3.05, 3.63) is 83.9 Å². The van der Waals surface area contributed by atoms with E-state index >= 15 is 0 Å². The van der Waals surface area contributed by atoms with Crippen LogP contribution in [0.5, 0.6) is 5.75 Å². The van der Waals surface area contributed by atoms with Crippen molar-refractivity contribution in [3.63, 3.8) is 0 Å². The number of nitrogens with one attached hydrogen (secondary N) is 1. The minimum absolute atomic E-state index is 0.00547. The van der Waals surface area contributed by atoms with Crippen LogP contribution in [-0.4, -0.2) is 16.8 Å². The molecule has 0 aliphatic carbocycles. The smallest absolute Gasteiger partial charge is 0.339 e. The fraction of sp³-hybridized carbons (Fsp3) is 0.100. The maximum absolute atomic E-state index is 12.5. The number of hydrogen-bond acceptors (Lipinski definition) is 5. The van der Waals surface area contributed by atoms with E-state index in [9.17, 15) is 16.8 Å². The van der Waals surface area contributed by atoms with E-state index in [4.69, 9.17) is 4.18 Å². The molecule has 0 unspecified atom stereocenters. The van der Waals surface area contributed by atoms with Gasteiger partial charge >= 0.3 is 10.1 Å². The Kier molecular flexibility index (Phi) is 5.44. The van der Waals surface area contributed by atoms with Crippen LogP contribution in [-0.2, 0) is 20.1 Å². The average molecular weight is 418 g/mol. The van der Waals surface area contributed by atoms with Crippen LogP contribution in [0.15, 0.2) is 82.6 Å². The molecule has 0 radical (unpaired) electrons. The van der Waals surface area contributed by atoms with Gasteiger partial charge in [0.2, 0.25) is 0 Å². The first kappa shape index (κ1) is 19.9. The number of hydrogen-bond donors (Lipinski definition) is 1. The van der Waals surface area contributed by atoms with Gasteiger partial charge in [-0.15, -0.1) is 0 Å². The predicted octanol–water partition coefficient (Wildman–Crippen LogP) is 3.87. The fourth-order valence-electron chi connectivity index (χ4n) is 2.48. The van der Waals surface area contributed by atoms with Crippen LogP contribution in [0.3, 0.4) is 0 Å². The second kappa shape index (κ2) is 7.65. The Morgan fingerprint density at radius 2 is 1.32 bits per heavy atom. The molecule has 0 bridgehead atoms. The molecule has 0 aliphatic heterocycles. The lowest BCUT2D eigenvalue weighted by atomic mass is 10.2. The average Bonchev–Trinajstić information content (AvgIpc) is 2.62. The molecule has 28 heavy (non-hydrogen) atoms. The van der Waals surface area contributed by atoms with Crippen molar-refractivity contribution in [2.24, 2.45) is 0 Å². The van der Waals surface area contributed by atoms with Gasteiger partial charge in [-0.3, -0.25) is 4.72 Å². The Hall–Kier alpha value is -2.84. The Labute approximate surface area is 165 Å². The molecule has 3 rings (SSSR count). The van der Waals surface area contributed by atoms with E-state index < -0.39 is 20.1 Å². The van der Waals surface area contributed by atoms with Crippen LogP contribution < -0.4 is 8.91 Å². The minimum atomic E-state index is -4.00. The lowest BCUT2D eigenvalue weighted by molar-refractivity contribution is 0.486. The molecule has 0 saturated carbocycles. The highest BCUT2D eigenvalue weighted by Gasteiger charge is 2.18. The Morgan fingerprint density at radius 1 is 0.714 bits per heavy atom. The molecular formula is C20H19NO5S2. The van der Waals surface area contributed by atoms with Gasteiger partial charge in [0.15, 0.2) is 0 Å². The summed E-state index contributed by atoms with van der Waals surface area (Å²) in [6.45, 7) is 3.71. The highest BCUT2D eigenvalue weighted by atomic mass is 32.2. The van der Waals surface area contributed by atoms with Crippen LogP contribution in [0.4, 0.5) is 5.69 Å². The minimum Gasteiger partial charge on any atom is -0.379 e. The summed E-state index contributed by atoms with van der Waals surface area (Å²) in [5.41, 5.74) is 2.29. The van der Waals surface area contributed by atoms with E-state index in [0.29, 0.717) is 5.69 Å². The van der Waals surface area contributed by atoms with Crippen LogP contribution in [0.2, 0.25) is 0 Å². The highest BCUT2D eigenvalue weighted by molar-refractivity contribution is 7.92. The Bertz CT molecular complexity index is 1180. The van der Waals surface area contributed by atoms with Gasteiger partial charge in [-0.2, -0.15) is 8.42 Å². The topological polar surface area (TPSA) is 89.5 Å². The molecule has 146 valence electrons. The number of aryl methyl sites for hydroxylation is 2. The van der Waals surface area contributed by atoms with Crippen molar-refractivity contribution in [2.45, 2.75) is 23.6 Å². The standard InChI is InChI=1S/C20H19NO5S2/c1-15-6-10-20(11-7-15)28(24,25)26-18-8-12-19(13-9-18)27(22,23)21-17-5-3-4-16(2)14-17/h3-14,21H,1-2H3. The van der Waals surface area contributed by atoms with Crippen molar-refractivity contribution in [2.75, 3.05) is 4.72 Å². The van der Waals surface area contributed by atoms with Crippen molar-refractivity contribution in [1.82, 2.24) is 0 Å². The lowest BCUT2D eigenvalue weighted by Gasteiger charge is -2.10. The van der Waals surface area contributed by atoms with Crippen molar-refractivity contribution in [1.29, 1.82) is 0 Å². The zero-order chi connectivity index (χ0) is 20.4. The van der Waals surface area contributed by atoms with Crippen LogP contribution in [0, 0.1) is 13.8 Å². The molecule has 6 nitrogen and oxygen atoms in total. The maximum Gasteiger partial charge on any atom is 0.339 e. The normalized spacial score (nSPS) is 11.8. The summed E-state index contributed by atoms with van der Waals surface area (Å²) in [6.07, 6.45) is 0. The molecule has 0 fully saturated rings. The molecule has 0 aromatic heterocycles. The zero-order valence-corrected chi connectivity index (χ0v) is 16.9. The maximum atomic E-state index is 12.5. The molecule has 1 N–H and O–H groups in total. The van der Waals surface area contributed by atoms with Crippen molar-refractivity contribution >= 4 is 25.8 Å². The second-order valence-corrected chi connectivity index (χ2v) is 9.53. The first-order valence-corrected chi connectivity index (χ1v) is 11.3. The van der Waals surface area contributed by atoms with E-state index in [2.05, 4.69) is 4.72 Å². The van der Waals surface area contributed by atoms with E-state index in [1.807, 2.05) is 19.9 Å². The van der Waals surface area contributed by atoms with E-state index in [0.717, 1.165) is 11.1 Å². The molecule has 0 amide bonds. The number of anilines is 1. The first-order valence-electron chi connectivity index (χ1n) is 8.36. The summed E-state index contributed by atoms with van der Waals surface area (Å²) in [6, 6.07) is 18.4. The molecule has 0 saturated heterocycles. The van der Waals surface area contributed by atoms with Gasteiger partial charge in [0.1, 0.15) is 10.6 Å². The third kappa shape index (κ3) is 4.71. The summed E-state index contributed by atoms with van der Waals surface area (Å²) >= 11 is 0. The van der Waals surface area contributed by atoms with Crippen molar-refractivity contribution < 1.29 is 21.0 Å². The second-order valence-electron chi connectivity index (χ2n) is 6.30. The summed E-state index contributed by atoms with van der Waals surface area (Å²) in [7, 11) is -7.80. The lowest BCUT2D eigenvalue weighted by Crippen LogP contribution is -2.13. The van der Waals surface area contributed by atoms with Gasteiger partial charge in [-0.1, -0.05) is 29.8 Å². The van der Waals surface area contributed by atoms with Gasteiger partial charge in [0.05, 0.1) is 4.90 Å². The van der Waals surface area contributed by atoms with Gasteiger partial charge < -0.3 is 4.18 Å². The first-order chi connectivity index (χ1) is 13.2. The molecule has 3 aromatic rings. The van der Waals surface area contributed by atoms with E-state index in [-0.39, 0.29) is 15.5 Å². The van der Waals surface area contributed by atoms with Gasteiger partial charge in [-0.25, -0.2) is 8.42 Å². The molecule has 3 aromatic carbocycles. The summed E-state index contributed by atoms with van der Waals surface area (Å²) in [4.78, 5) is 0.0185. The van der Waals surface area contributed by atoms with Gasteiger partial charge in [0, 0.05) is 5.69 Å². The predicted molar refractivity (Wildman–Crippen MR) is 107 cm³/mol. The largest absolute Gasteiger partial charge is 0.379 e. The molecule has 0 aliphatic rings. The van der Waals surface area contributed by atoms with E-state index in [1.54, 1.807) is 30.3 Å². The van der Waals surface area contributed by atoms with Crippen LogP contribution >= 0.6 is 0 Å². The molecule has 0 spiro atoms. The molecule has 0 atom stereocenters. The quantitative estimate of drug-likeness (QED) is 0.615. The Balaban J connectivity index is 1.78. The third-order valence-corrected chi connectivity index (χ3v) is 6.58. The third-order valence-electron chi connectivity index (χ3n) is 3.92. The van der Waals surface area contributed by atoms with Crippen LogP contribution in [0.1, 0.15) is 11.1 Å². The summed E-state index contributed by atoms with van der Waals surface area (Å²) in [5.74, 6) is 0.0232. The number of sulfonamides is 1. The molecule has 8 heteroatoms. The number of rotatable bonds is 6. The van der Waals surface area contributed by atoms with Crippen molar-refractivity contribution in [3.8, 4) is 5.75 Å². The molecular weight excluding hydrogens is 398 g/mol. The Morgan fingerprint density at radius 3 is 1.93 bits per heavy atom. The summed E-state index contributed by atoms with van der Waals surface area (Å²) in [5, 5.41) is 0. The SMILES string of the molecule is Cc1ccc(S(=O)(=O)Oc2ccc(S(=O)(=O)Nc3cccc(C)c3)cc2)cc1. The summed E-state index contributed by atoms with van der Waals surface area (Å²) < 4.78 is 57.2. The van der Waals surface area contributed by atoms with Gasteiger partial charge in [-0.05, 0) is 67.9 Å². The van der Waals surface area contributed by atoms with E-state index in [1.165, 1.54) is 36.4 Å².